The van der Waals surface area contributed by atoms with E-state index < -0.39 is 6.04 Å². The quantitative estimate of drug-likeness (QED) is 0.160. The Labute approximate surface area is 238 Å². The molecule has 9 heteroatoms. The summed E-state index contributed by atoms with van der Waals surface area (Å²) in [7, 11) is 0. The third kappa shape index (κ3) is 6.77. The van der Waals surface area contributed by atoms with Gasteiger partial charge in [0.2, 0.25) is 5.91 Å². The van der Waals surface area contributed by atoms with Gasteiger partial charge >= 0.3 is 6.03 Å². The van der Waals surface area contributed by atoms with Crippen molar-refractivity contribution in [3.8, 4) is 0 Å². The monoisotopic (exact) mass is 560 g/mol. The van der Waals surface area contributed by atoms with Crippen molar-refractivity contribution >= 4 is 29.8 Å². The summed E-state index contributed by atoms with van der Waals surface area (Å²) in [5, 5.41) is 19.7. The predicted molar refractivity (Wildman–Crippen MR) is 155 cm³/mol. The van der Waals surface area contributed by atoms with E-state index in [1.165, 1.54) is 25.5 Å². The van der Waals surface area contributed by atoms with Gasteiger partial charge in [0.05, 0.1) is 25.3 Å². The highest BCUT2D eigenvalue weighted by molar-refractivity contribution is 6.30. The molecular formula is C30H47ClN5O3+. The number of hydrogen-bond donors (Lipinski definition) is 3. The van der Waals surface area contributed by atoms with Crippen molar-refractivity contribution in [2.75, 3.05) is 13.1 Å². The fourth-order valence-corrected chi connectivity index (χ4v) is 7.49. The smallest absolute Gasteiger partial charge is 0.411 e. The first kappa shape index (κ1) is 29.8. The zero-order valence-corrected chi connectivity index (χ0v) is 24.6. The Hall–Kier alpha value is -2.16. The number of carbonyl (C=O) groups is 2. The Morgan fingerprint density at radius 2 is 1.69 bits per heavy atom. The lowest BCUT2D eigenvalue weighted by molar-refractivity contribution is -0.875. The summed E-state index contributed by atoms with van der Waals surface area (Å²) >= 11 is 6.09. The maximum atomic E-state index is 14.1. The Balaban J connectivity index is 1.50. The van der Waals surface area contributed by atoms with E-state index in [2.05, 4.69) is 34.5 Å². The summed E-state index contributed by atoms with van der Waals surface area (Å²) in [4.78, 5) is 30.0. The normalized spacial score (nSPS) is 25.5. The molecule has 3 N–H and O–H groups in total. The second-order valence-corrected chi connectivity index (χ2v) is 12.2. The molecule has 3 aliphatic rings. The molecule has 4 rings (SSSR count). The Morgan fingerprint density at radius 3 is 2.26 bits per heavy atom. The minimum absolute atomic E-state index is 0.0897. The molecule has 2 saturated heterocycles. The van der Waals surface area contributed by atoms with Crippen LogP contribution >= 0.6 is 11.6 Å². The van der Waals surface area contributed by atoms with Crippen LogP contribution in [0.25, 0.3) is 0 Å². The second-order valence-electron chi connectivity index (χ2n) is 11.8. The van der Waals surface area contributed by atoms with Gasteiger partial charge in [0.15, 0.2) is 0 Å². The van der Waals surface area contributed by atoms with E-state index in [0.717, 1.165) is 57.2 Å². The van der Waals surface area contributed by atoms with Crippen molar-refractivity contribution in [1.29, 1.82) is 0 Å². The molecule has 0 aromatic heterocycles. The van der Waals surface area contributed by atoms with Crippen LogP contribution in [0.1, 0.15) is 84.1 Å². The van der Waals surface area contributed by atoms with Crippen molar-refractivity contribution in [2.45, 2.75) is 121 Å². The highest BCUT2D eigenvalue weighted by Gasteiger charge is 2.53. The number of benzene rings is 1. The topological polar surface area (TPSA) is 94.0 Å². The number of rotatable bonds is 10. The number of nitrogens with one attached hydrogen (secondary N) is 2. The first-order valence-electron chi connectivity index (χ1n) is 15.0. The van der Waals surface area contributed by atoms with E-state index in [9.17, 15) is 9.59 Å². The number of nitrogens with zero attached hydrogens (tertiary/aromatic N) is 3. The largest absolute Gasteiger partial charge is 0.417 e. The number of quaternary nitrogens is 1. The van der Waals surface area contributed by atoms with Crippen LogP contribution in [0.5, 0.6) is 0 Å². The minimum Gasteiger partial charge on any atom is -0.411 e. The number of oxime groups is 1. The second kappa shape index (κ2) is 13.5. The van der Waals surface area contributed by atoms with Crippen LogP contribution in [0.2, 0.25) is 5.02 Å². The van der Waals surface area contributed by atoms with Crippen LogP contribution in [0, 0.1) is 0 Å². The summed E-state index contributed by atoms with van der Waals surface area (Å²) in [6.45, 7) is 7.69. The molecule has 3 fully saturated rings. The van der Waals surface area contributed by atoms with Crippen LogP contribution < -0.4 is 10.6 Å². The van der Waals surface area contributed by atoms with Gasteiger partial charge in [-0.2, -0.15) is 0 Å². The van der Waals surface area contributed by atoms with E-state index >= 15 is 0 Å². The molecule has 0 spiro atoms. The lowest BCUT2D eigenvalue weighted by Crippen LogP contribution is -2.68. The van der Waals surface area contributed by atoms with E-state index in [-0.39, 0.29) is 36.1 Å². The van der Waals surface area contributed by atoms with Crippen molar-refractivity contribution in [1.82, 2.24) is 15.5 Å². The molecule has 1 saturated carbocycles. The molecule has 2 bridgehead atoms. The number of carbonyl (C=O) groups excluding carboxylic acids is 2. The molecule has 1 aliphatic carbocycles. The number of piperidine rings is 1. The lowest BCUT2D eigenvalue weighted by atomic mass is 9.91. The van der Waals surface area contributed by atoms with Gasteiger partial charge < -0.3 is 15.4 Å². The van der Waals surface area contributed by atoms with Gasteiger partial charge in [0, 0.05) is 42.0 Å². The first-order chi connectivity index (χ1) is 18.8. The lowest BCUT2D eigenvalue weighted by Gasteiger charge is -2.48. The summed E-state index contributed by atoms with van der Waals surface area (Å²) < 4.78 is 0.460. The van der Waals surface area contributed by atoms with Gasteiger partial charge in [-0.05, 0) is 70.6 Å². The van der Waals surface area contributed by atoms with E-state index in [1.54, 1.807) is 0 Å². The van der Waals surface area contributed by atoms with Crippen molar-refractivity contribution < 1.29 is 19.3 Å². The molecule has 1 aromatic carbocycles. The predicted octanol–water partition coefficient (Wildman–Crippen LogP) is 5.11. The first-order valence-corrected chi connectivity index (χ1v) is 15.4. The van der Waals surface area contributed by atoms with Gasteiger partial charge in [-0.15, -0.1) is 5.16 Å². The number of halogens is 1. The number of fused-ring (bicyclic) bond motifs is 2. The van der Waals surface area contributed by atoms with Crippen molar-refractivity contribution in [3.05, 3.63) is 34.9 Å². The summed E-state index contributed by atoms with van der Waals surface area (Å²) in [6, 6.07) is 7.84. The molecule has 3 amide bonds. The third-order valence-corrected chi connectivity index (χ3v) is 9.78. The molecule has 216 valence electrons. The van der Waals surface area contributed by atoms with Crippen LogP contribution in [0.3, 0.4) is 0 Å². The summed E-state index contributed by atoms with van der Waals surface area (Å²) in [5.41, 5.74) is 1.02. The Kier molecular flexibility index (Phi) is 10.3. The minimum atomic E-state index is -0.454. The standard InChI is InChI=1S/C30H46ClN5O3/c1-4-36(5-2,30(38)34-24-9-7-6-8-10-24)27-18-25-15-16-26(19-27)35(25)29(37)28(33-21(3)20-32-39)17-22-11-13-23(31)14-12-22/h11-14,20-21,24-28,33H,4-10,15-19H2,1-3H3,(H-,34,38,39)/p+1/b32-20+/t21?,25?,26?,27?,28-/m1/s1. The van der Waals surface area contributed by atoms with Crippen molar-refractivity contribution in [3.63, 3.8) is 0 Å². The van der Waals surface area contributed by atoms with Crippen LogP contribution in [0.15, 0.2) is 29.4 Å². The van der Waals surface area contributed by atoms with Crippen LogP contribution in [-0.4, -0.2) is 82.1 Å². The van der Waals surface area contributed by atoms with Crippen molar-refractivity contribution in [2.24, 2.45) is 5.16 Å². The summed E-state index contributed by atoms with van der Waals surface area (Å²) in [6.07, 6.45) is 11.4. The molecule has 4 atom stereocenters. The average Bonchev–Trinajstić information content (AvgIpc) is 3.20. The maximum Gasteiger partial charge on any atom is 0.417 e. The van der Waals surface area contributed by atoms with Gasteiger partial charge in [0.1, 0.15) is 6.04 Å². The highest BCUT2D eigenvalue weighted by Crippen LogP contribution is 2.40. The Morgan fingerprint density at radius 1 is 1.08 bits per heavy atom. The SMILES string of the molecule is CC[N+](CC)(C(=O)NC1CCCCC1)C1CC2CCC(C1)N2C(=O)[C@@H](Cc1ccc(Cl)cc1)NC(C)/C=N/O. The molecule has 8 nitrogen and oxygen atoms in total. The van der Waals surface area contributed by atoms with E-state index in [4.69, 9.17) is 16.8 Å². The van der Waals surface area contributed by atoms with Crippen LogP contribution in [-0.2, 0) is 11.2 Å². The fourth-order valence-electron chi connectivity index (χ4n) is 7.37. The van der Waals surface area contributed by atoms with Gasteiger partial charge in [0.25, 0.3) is 0 Å². The van der Waals surface area contributed by atoms with E-state index in [1.807, 2.05) is 31.2 Å². The zero-order chi connectivity index (χ0) is 28.0. The number of hydrogen-bond acceptors (Lipinski definition) is 5. The van der Waals surface area contributed by atoms with Gasteiger partial charge in [-0.25, -0.2) is 9.28 Å². The number of amides is 3. The zero-order valence-electron chi connectivity index (χ0n) is 23.8. The molecular weight excluding hydrogens is 514 g/mol. The van der Waals surface area contributed by atoms with E-state index in [0.29, 0.717) is 22.0 Å². The summed E-state index contributed by atoms with van der Waals surface area (Å²) in [5.74, 6) is 0.0897. The van der Waals surface area contributed by atoms with Crippen LogP contribution in [0.4, 0.5) is 4.79 Å². The molecule has 2 heterocycles. The molecule has 3 unspecified atom stereocenters. The molecule has 39 heavy (non-hydrogen) atoms. The molecule has 2 aliphatic heterocycles. The molecule has 1 aromatic rings. The maximum absolute atomic E-state index is 14.1. The molecule has 0 radical (unpaired) electrons. The highest BCUT2D eigenvalue weighted by atomic mass is 35.5. The van der Waals surface area contributed by atoms with Gasteiger partial charge in [-0.1, -0.05) is 43.0 Å². The average molecular weight is 561 g/mol. The fraction of sp³-hybridized carbons (Fsp3) is 0.700. The van der Waals surface area contributed by atoms with Gasteiger partial charge in [-0.3, -0.25) is 10.1 Å². The number of urea groups is 1. The Bertz CT molecular complexity index is 979. The third-order valence-electron chi connectivity index (χ3n) is 9.53.